The Morgan fingerprint density at radius 2 is 1.58 bits per heavy atom. The highest BCUT2D eigenvalue weighted by Crippen LogP contribution is 2.37. The smallest absolute Gasteiger partial charge is 0.166 e. The number of aryl methyl sites for hydroxylation is 1. The zero-order chi connectivity index (χ0) is 13.4. The summed E-state index contributed by atoms with van der Waals surface area (Å²) in [5.41, 5.74) is 2.72. The maximum absolute atomic E-state index is 13.9. The van der Waals surface area contributed by atoms with Crippen molar-refractivity contribution >= 4 is 0 Å². The van der Waals surface area contributed by atoms with E-state index >= 15 is 0 Å². The molecule has 0 bridgehead atoms. The number of hydrogen-bond donors (Lipinski definition) is 0. The van der Waals surface area contributed by atoms with Crippen LogP contribution >= 0.6 is 0 Å². The molecule has 0 spiro atoms. The van der Waals surface area contributed by atoms with E-state index in [1.54, 1.807) is 19.1 Å². The monoisotopic (exact) mass is 258 g/mol. The molecule has 0 heterocycles. The van der Waals surface area contributed by atoms with Gasteiger partial charge in [-0.15, -0.1) is 0 Å². The highest BCUT2D eigenvalue weighted by molar-refractivity contribution is 5.65. The Bertz CT molecular complexity index is 595. The molecule has 2 aromatic rings. The standard InChI is InChI=1S/C17H16F2/c1-11-5-10-15(17(19)16(11)18)14-8-6-13(7-9-14)12-3-2-4-12/h5-10,12H,2-4H2,1H3. The largest absolute Gasteiger partial charge is 0.203 e. The molecule has 3 rings (SSSR count). The first-order valence-corrected chi connectivity index (χ1v) is 6.72. The molecule has 0 aliphatic heterocycles. The SMILES string of the molecule is Cc1ccc(-c2ccc(C3CCC3)cc2)c(F)c1F. The molecular formula is C17H16F2. The summed E-state index contributed by atoms with van der Waals surface area (Å²) in [6.07, 6.45) is 3.78. The number of rotatable bonds is 2. The maximum Gasteiger partial charge on any atom is 0.166 e. The first-order valence-electron chi connectivity index (χ1n) is 6.72. The van der Waals surface area contributed by atoms with Gasteiger partial charge in [-0.05, 0) is 42.4 Å². The lowest BCUT2D eigenvalue weighted by molar-refractivity contribution is 0.420. The molecule has 2 heteroatoms. The Labute approximate surface area is 112 Å². The van der Waals surface area contributed by atoms with Gasteiger partial charge in [0.15, 0.2) is 11.6 Å². The van der Waals surface area contributed by atoms with E-state index in [1.165, 1.54) is 24.8 Å². The fourth-order valence-corrected chi connectivity index (χ4v) is 2.55. The molecule has 0 aromatic heterocycles. The average molecular weight is 258 g/mol. The van der Waals surface area contributed by atoms with Crippen molar-refractivity contribution in [1.82, 2.24) is 0 Å². The third kappa shape index (κ3) is 2.16. The number of benzene rings is 2. The van der Waals surface area contributed by atoms with Crippen LogP contribution in [0.1, 0.15) is 36.3 Å². The Balaban J connectivity index is 1.95. The summed E-state index contributed by atoms with van der Waals surface area (Å²) in [6, 6.07) is 11.1. The first-order chi connectivity index (χ1) is 9.16. The summed E-state index contributed by atoms with van der Waals surface area (Å²) < 4.78 is 27.5. The molecule has 1 aliphatic rings. The molecule has 1 aliphatic carbocycles. The highest BCUT2D eigenvalue weighted by Gasteiger charge is 2.19. The molecule has 98 valence electrons. The van der Waals surface area contributed by atoms with E-state index in [4.69, 9.17) is 0 Å². The van der Waals surface area contributed by atoms with Crippen molar-refractivity contribution < 1.29 is 8.78 Å². The van der Waals surface area contributed by atoms with Gasteiger partial charge in [-0.25, -0.2) is 8.78 Å². The lowest BCUT2D eigenvalue weighted by Gasteiger charge is -2.25. The van der Waals surface area contributed by atoms with Crippen LogP contribution in [0.4, 0.5) is 8.78 Å². The van der Waals surface area contributed by atoms with Gasteiger partial charge in [0.1, 0.15) is 0 Å². The highest BCUT2D eigenvalue weighted by atomic mass is 19.2. The van der Waals surface area contributed by atoms with Crippen LogP contribution in [0.5, 0.6) is 0 Å². The summed E-state index contributed by atoms with van der Waals surface area (Å²) in [5.74, 6) is -0.842. The second kappa shape index (κ2) is 4.76. The summed E-state index contributed by atoms with van der Waals surface area (Å²) in [5, 5.41) is 0. The van der Waals surface area contributed by atoms with Crippen LogP contribution in [0.15, 0.2) is 36.4 Å². The van der Waals surface area contributed by atoms with Crippen LogP contribution in [0.3, 0.4) is 0 Å². The van der Waals surface area contributed by atoms with Gasteiger partial charge in [0, 0.05) is 5.56 Å². The van der Waals surface area contributed by atoms with E-state index < -0.39 is 11.6 Å². The van der Waals surface area contributed by atoms with Gasteiger partial charge in [0.05, 0.1) is 0 Å². The Hall–Kier alpha value is -1.70. The van der Waals surface area contributed by atoms with E-state index in [0.29, 0.717) is 17.0 Å². The Kier molecular flexibility index (Phi) is 3.09. The van der Waals surface area contributed by atoms with E-state index in [-0.39, 0.29) is 0 Å². The molecule has 19 heavy (non-hydrogen) atoms. The molecule has 0 nitrogen and oxygen atoms in total. The lowest BCUT2D eigenvalue weighted by Crippen LogP contribution is -2.08. The zero-order valence-corrected chi connectivity index (χ0v) is 10.9. The molecule has 0 atom stereocenters. The normalized spacial score (nSPS) is 15.3. The van der Waals surface area contributed by atoms with E-state index in [0.717, 1.165) is 5.56 Å². The van der Waals surface area contributed by atoms with Gasteiger partial charge in [-0.3, -0.25) is 0 Å². The lowest BCUT2D eigenvalue weighted by atomic mass is 9.80. The van der Waals surface area contributed by atoms with Crippen molar-refractivity contribution in [3.05, 3.63) is 59.2 Å². The number of hydrogen-bond acceptors (Lipinski definition) is 0. The molecule has 2 aromatic carbocycles. The van der Waals surface area contributed by atoms with Crippen molar-refractivity contribution in [2.45, 2.75) is 32.1 Å². The van der Waals surface area contributed by atoms with Crippen LogP contribution in [0.2, 0.25) is 0 Å². The molecule has 0 unspecified atom stereocenters. The van der Waals surface area contributed by atoms with Crippen LogP contribution in [0, 0.1) is 18.6 Å². The van der Waals surface area contributed by atoms with Gasteiger partial charge in [0.2, 0.25) is 0 Å². The van der Waals surface area contributed by atoms with Gasteiger partial charge < -0.3 is 0 Å². The molecule has 1 saturated carbocycles. The minimum Gasteiger partial charge on any atom is -0.203 e. The summed E-state index contributed by atoms with van der Waals surface area (Å²) in [6.45, 7) is 1.57. The fraction of sp³-hybridized carbons (Fsp3) is 0.294. The molecule has 0 saturated heterocycles. The minimum absolute atomic E-state index is 0.336. The van der Waals surface area contributed by atoms with Crippen molar-refractivity contribution in [2.24, 2.45) is 0 Å². The van der Waals surface area contributed by atoms with Gasteiger partial charge >= 0.3 is 0 Å². The van der Waals surface area contributed by atoms with Crippen LogP contribution < -0.4 is 0 Å². The molecular weight excluding hydrogens is 242 g/mol. The van der Waals surface area contributed by atoms with Crippen molar-refractivity contribution in [3.63, 3.8) is 0 Å². The van der Waals surface area contributed by atoms with Crippen LogP contribution in [-0.4, -0.2) is 0 Å². The van der Waals surface area contributed by atoms with Crippen molar-refractivity contribution in [3.8, 4) is 11.1 Å². The third-order valence-electron chi connectivity index (χ3n) is 4.07. The Morgan fingerprint density at radius 1 is 0.895 bits per heavy atom. The fourth-order valence-electron chi connectivity index (χ4n) is 2.55. The van der Waals surface area contributed by atoms with Crippen molar-refractivity contribution in [1.29, 1.82) is 0 Å². The summed E-state index contributed by atoms with van der Waals surface area (Å²) in [7, 11) is 0. The molecule has 1 fully saturated rings. The van der Waals surface area contributed by atoms with Gasteiger partial charge in [0.25, 0.3) is 0 Å². The molecule has 0 N–H and O–H groups in total. The van der Waals surface area contributed by atoms with E-state index in [2.05, 4.69) is 0 Å². The zero-order valence-electron chi connectivity index (χ0n) is 10.9. The summed E-state index contributed by atoms with van der Waals surface area (Å²) >= 11 is 0. The van der Waals surface area contributed by atoms with E-state index in [9.17, 15) is 8.78 Å². The van der Waals surface area contributed by atoms with Gasteiger partial charge in [-0.2, -0.15) is 0 Å². The van der Waals surface area contributed by atoms with Gasteiger partial charge in [-0.1, -0.05) is 42.8 Å². The quantitative estimate of drug-likeness (QED) is 0.693. The predicted octanol–water partition coefficient (Wildman–Crippen LogP) is 5.21. The van der Waals surface area contributed by atoms with E-state index in [1.807, 2.05) is 24.3 Å². The van der Waals surface area contributed by atoms with Crippen LogP contribution in [0.25, 0.3) is 11.1 Å². The second-order valence-electron chi connectivity index (χ2n) is 5.31. The maximum atomic E-state index is 13.9. The predicted molar refractivity (Wildman–Crippen MR) is 73.1 cm³/mol. The summed E-state index contributed by atoms with van der Waals surface area (Å²) in [4.78, 5) is 0. The third-order valence-corrected chi connectivity index (χ3v) is 4.07. The molecule has 0 amide bonds. The van der Waals surface area contributed by atoms with Crippen LogP contribution in [-0.2, 0) is 0 Å². The average Bonchev–Trinajstić information content (AvgIpc) is 2.36. The second-order valence-corrected chi connectivity index (χ2v) is 5.31. The number of halogens is 2. The van der Waals surface area contributed by atoms with Crippen molar-refractivity contribution in [2.75, 3.05) is 0 Å². The first kappa shape index (κ1) is 12.3. The Morgan fingerprint density at radius 3 is 2.16 bits per heavy atom. The topological polar surface area (TPSA) is 0 Å². The minimum atomic E-state index is -0.753. The molecule has 0 radical (unpaired) electrons.